The molecule has 0 bridgehead atoms. The number of carbonyl (C=O) groups is 1. The highest BCUT2D eigenvalue weighted by Crippen LogP contribution is 2.21. The second-order valence-electron chi connectivity index (χ2n) is 5.00. The third-order valence-electron chi connectivity index (χ3n) is 3.39. The maximum atomic E-state index is 12.3. The van der Waals surface area contributed by atoms with Gasteiger partial charge in [-0.3, -0.25) is 4.79 Å². The van der Waals surface area contributed by atoms with Gasteiger partial charge in [0.1, 0.15) is 0 Å². The fraction of sp³-hybridized carbons (Fsp3) is 0.462. The lowest BCUT2D eigenvalue weighted by Gasteiger charge is -2.20. The predicted octanol–water partition coefficient (Wildman–Crippen LogP) is 1.39. The average Bonchev–Trinajstić information content (AvgIpc) is 2.91. The Morgan fingerprint density at radius 3 is 2.81 bits per heavy atom. The van der Waals surface area contributed by atoms with Crippen LogP contribution in [0.3, 0.4) is 0 Å². The van der Waals surface area contributed by atoms with Crippen LogP contribution in [0.1, 0.15) is 30.1 Å². The van der Waals surface area contributed by atoms with Crippen molar-refractivity contribution in [2.75, 3.05) is 6.61 Å². The minimum absolute atomic E-state index is 0.00542. The molecule has 3 N–H and O–H groups in total. The molecule has 0 aliphatic carbocycles. The zero-order valence-corrected chi connectivity index (χ0v) is 13.9. The van der Waals surface area contributed by atoms with Gasteiger partial charge in [-0.25, -0.2) is 13.6 Å². The highest BCUT2D eigenvalue weighted by molar-refractivity contribution is 9.10. The number of primary sulfonamides is 1. The van der Waals surface area contributed by atoms with Gasteiger partial charge in [-0.2, -0.15) is 0 Å². The molecule has 1 aliphatic rings. The molecule has 1 aromatic rings. The van der Waals surface area contributed by atoms with Gasteiger partial charge in [0.05, 0.1) is 22.6 Å². The minimum Gasteiger partial charge on any atom is -0.376 e. The van der Waals surface area contributed by atoms with E-state index < -0.39 is 10.0 Å². The van der Waals surface area contributed by atoms with Crippen molar-refractivity contribution in [1.29, 1.82) is 0 Å². The second kappa shape index (κ2) is 6.43. The first-order chi connectivity index (χ1) is 9.79. The van der Waals surface area contributed by atoms with Gasteiger partial charge < -0.3 is 10.1 Å². The van der Waals surface area contributed by atoms with Gasteiger partial charge in [-0.15, -0.1) is 0 Å². The van der Waals surface area contributed by atoms with E-state index in [1.165, 1.54) is 18.2 Å². The number of amides is 1. The van der Waals surface area contributed by atoms with Crippen molar-refractivity contribution >= 4 is 31.9 Å². The summed E-state index contributed by atoms with van der Waals surface area (Å²) in [7, 11) is -3.85. The SMILES string of the molecule is CC(NC(=O)c1cc(S(N)(=O)=O)ccc1Br)C1CCCO1. The zero-order valence-electron chi connectivity index (χ0n) is 11.5. The van der Waals surface area contributed by atoms with E-state index in [9.17, 15) is 13.2 Å². The zero-order chi connectivity index (χ0) is 15.6. The summed E-state index contributed by atoms with van der Waals surface area (Å²) in [6.07, 6.45) is 1.88. The van der Waals surface area contributed by atoms with Crippen LogP contribution in [0.2, 0.25) is 0 Å². The smallest absolute Gasteiger partial charge is 0.252 e. The molecule has 2 unspecified atom stereocenters. The van der Waals surface area contributed by atoms with Crippen LogP contribution in [-0.2, 0) is 14.8 Å². The van der Waals surface area contributed by atoms with Gasteiger partial charge in [0.2, 0.25) is 10.0 Å². The number of hydrogen-bond donors (Lipinski definition) is 2. The van der Waals surface area contributed by atoms with Gasteiger partial charge in [0.15, 0.2) is 0 Å². The summed E-state index contributed by atoms with van der Waals surface area (Å²) in [6, 6.07) is 3.95. The molecule has 0 saturated carbocycles. The van der Waals surface area contributed by atoms with Crippen molar-refractivity contribution in [2.45, 2.75) is 36.8 Å². The number of nitrogens with one attached hydrogen (secondary N) is 1. The maximum absolute atomic E-state index is 12.3. The summed E-state index contributed by atoms with van der Waals surface area (Å²) >= 11 is 3.24. The van der Waals surface area contributed by atoms with Gasteiger partial charge >= 0.3 is 0 Å². The number of nitrogens with two attached hydrogens (primary N) is 1. The summed E-state index contributed by atoms with van der Waals surface area (Å²) in [5.74, 6) is -0.365. The van der Waals surface area contributed by atoms with Crippen LogP contribution in [0.15, 0.2) is 27.6 Å². The van der Waals surface area contributed by atoms with Crippen molar-refractivity contribution in [2.24, 2.45) is 5.14 Å². The number of benzene rings is 1. The largest absolute Gasteiger partial charge is 0.376 e. The van der Waals surface area contributed by atoms with Gasteiger partial charge in [0.25, 0.3) is 5.91 Å². The lowest BCUT2D eigenvalue weighted by Crippen LogP contribution is -2.41. The number of halogens is 1. The lowest BCUT2D eigenvalue weighted by atomic mass is 10.1. The summed E-state index contributed by atoms with van der Waals surface area (Å²) in [5.41, 5.74) is 0.228. The third kappa shape index (κ3) is 4.03. The van der Waals surface area contributed by atoms with Gasteiger partial charge in [-0.05, 0) is 53.9 Å². The number of hydrogen-bond acceptors (Lipinski definition) is 4. The van der Waals surface area contributed by atoms with E-state index >= 15 is 0 Å². The molecule has 0 radical (unpaired) electrons. The molecule has 1 amide bonds. The number of ether oxygens (including phenoxy) is 1. The molecule has 0 aromatic heterocycles. The van der Waals surface area contributed by atoms with Crippen LogP contribution in [0, 0.1) is 0 Å². The van der Waals surface area contributed by atoms with E-state index in [-0.39, 0.29) is 28.5 Å². The van der Waals surface area contributed by atoms with E-state index in [1.807, 2.05) is 6.92 Å². The molecule has 6 nitrogen and oxygen atoms in total. The quantitative estimate of drug-likeness (QED) is 0.829. The first-order valence-corrected chi connectivity index (χ1v) is 8.88. The third-order valence-corrected chi connectivity index (χ3v) is 4.99. The van der Waals surface area contributed by atoms with Crippen LogP contribution in [0.4, 0.5) is 0 Å². The monoisotopic (exact) mass is 376 g/mol. The molecule has 2 rings (SSSR count). The Morgan fingerprint density at radius 1 is 1.52 bits per heavy atom. The van der Waals surface area contributed by atoms with Crippen molar-refractivity contribution in [3.8, 4) is 0 Å². The topological polar surface area (TPSA) is 98.5 Å². The molecule has 8 heteroatoms. The standard InChI is InChI=1S/C13H17BrN2O4S/c1-8(12-3-2-6-20-12)16-13(17)10-7-9(21(15,18)19)4-5-11(10)14/h4-5,7-8,12H,2-3,6H2,1H3,(H,16,17)(H2,15,18,19). The van der Waals surface area contributed by atoms with E-state index in [4.69, 9.17) is 9.88 Å². The van der Waals surface area contributed by atoms with Crippen LogP contribution in [0.5, 0.6) is 0 Å². The Balaban J connectivity index is 2.18. The highest BCUT2D eigenvalue weighted by atomic mass is 79.9. The molecule has 1 saturated heterocycles. The highest BCUT2D eigenvalue weighted by Gasteiger charge is 2.25. The van der Waals surface area contributed by atoms with E-state index in [1.54, 1.807) is 0 Å². The summed E-state index contributed by atoms with van der Waals surface area (Å²) in [6.45, 7) is 2.57. The molecule has 1 aliphatic heterocycles. The molecule has 116 valence electrons. The summed E-state index contributed by atoms with van der Waals surface area (Å²) in [4.78, 5) is 12.2. The van der Waals surface area contributed by atoms with Crippen molar-refractivity contribution in [3.63, 3.8) is 0 Å². The Bertz CT molecular complexity index is 642. The van der Waals surface area contributed by atoms with Gasteiger partial charge in [-0.1, -0.05) is 0 Å². The molecular weight excluding hydrogens is 360 g/mol. The Morgan fingerprint density at radius 2 is 2.24 bits per heavy atom. The van der Waals surface area contributed by atoms with E-state index in [0.717, 1.165) is 12.8 Å². The predicted molar refractivity (Wildman–Crippen MR) is 81.4 cm³/mol. The number of sulfonamides is 1. The van der Waals surface area contributed by atoms with Crippen LogP contribution in [0.25, 0.3) is 0 Å². The lowest BCUT2D eigenvalue weighted by molar-refractivity contribution is 0.0712. The van der Waals surface area contributed by atoms with Crippen LogP contribution in [-0.4, -0.2) is 33.1 Å². The summed E-state index contributed by atoms with van der Waals surface area (Å²) in [5, 5.41) is 7.91. The van der Waals surface area contributed by atoms with Crippen LogP contribution >= 0.6 is 15.9 Å². The maximum Gasteiger partial charge on any atom is 0.252 e. The average molecular weight is 377 g/mol. The first-order valence-electron chi connectivity index (χ1n) is 6.54. The molecule has 1 fully saturated rings. The molecule has 2 atom stereocenters. The molecular formula is C13H17BrN2O4S. The molecule has 1 aromatic carbocycles. The molecule has 0 spiro atoms. The second-order valence-corrected chi connectivity index (χ2v) is 7.42. The van der Waals surface area contributed by atoms with Crippen molar-refractivity contribution < 1.29 is 17.9 Å². The minimum atomic E-state index is -3.85. The fourth-order valence-corrected chi connectivity index (χ4v) is 3.20. The van der Waals surface area contributed by atoms with Crippen LogP contribution < -0.4 is 10.5 Å². The number of carbonyl (C=O) groups excluding carboxylic acids is 1. The Kier molecular flexibility index (Phi) is 5.03. The number of rotatable bonds is 4. The van der Waals surface area contributed by atoms with E-state index in [2.05, 4.69) is 21.2 Å². The van der Waals surface area contributed by atoms with Gasteiger partial charge in [0, 0.05) is 11.1 Å². The molecule has 21 heavy (non-hydrogen) atoms. The summed E-state index contributed by atoms with van der Waals surface area (Å²) < 4.78 is 28.7. The Labute approximate surface area is 132 Å². The molecule has 1 heterocycles. The Hall–Kier alpha value is -0.960. The van der Waals surface area contributed by atoms with Crippen molar-refractivity contribution in [3.05, 3.63) is 28.2 Å². The van der Waals surface area contributed by atoms with E-state index in [0.29, 0.717) is 11.1 Å². The normalized spacial score (nSPS) is 20.2. The first kappa shape index (κ1) is 16.4. The fourth-order valence-electron chi connectivity index (χ4n) is 2.23. The van der Waals surface area contributed by atoms with Crippen molar-refractivity contribution in [1.82, 2.24) is 5.32 Å².